The third-order valence-corrected chi connectivity index (χ3v) is 5.91. The molecule has 0 bridgehead atoms. The smallest absolute Gasteiger partial charge is 0.264 e. The highest BCUT2D eigenvalue weighted by Gasteiger charge is 2.33. The molecule has 0 radical (unpaired) electrons. The molecule has 0 saturated heterocycles. The Bertz CT molecular complexity index is 742. The number of nitrogens with one attached hydrogen (secondary N) is 2. The van der Waals surface area contributed by atoms with Gasteiger partial charge in [0.2, 0.25) is 5.85 Å². The van der Waals surface area contributed by atoms with Gasteiger partial charge in [0.1, 0.15) is 5.75 Å². The van der Waals surface area contributed by atoms with Crippen LogP contribution in [0.3, 0.4) is 0 Å². The Morgan fingerprint density at radius 3 is 2.45 bits per heavy atom. The van der Waals surface area contributed by atoms with Gasteiger partial charge in [-0.25, -0.2) is 0 Å². The number of amides is 1. The minimum Gasteiger partial charge on any atom is -0.481 e. The third kappa shape index (κ3) is 7.73. The molecule has 31 heavy (non-hydrogen) atoms. The van der Waals surface area contributed by atoms with Crippen LogP contribution in [-0.4, -0.2) is 25.0 Å². The second-order valence-corrected chi connectivity index (χ2v) is 8.48. The van der Waals surface area contributed by atoms with Crippen molar-refractivity contribution in [2.24, 2.45) is 0 Å². The lowest BCUT2D eigenvalue weighted by Gasteiger charge is -2.34. The molecule has 0 fully saturated rings. The van der Waals surface area contributed by atoms with Crippen molar-refractivity contribution >= 4 is 5.91 Å². The van der Waals surface area contributed by atoms with Gasteiger partial charge in [0.05, 0.1) is 0 Å². The Morgan fingerprint density at radius 2 is 1.84 bits per heavy atom. The molecule has 2 rings (SSSR count). The number of methoxy groups -OCH3 is 1. The molecule has 1 aliphatic heterocycles. The molecule has 3 atom stereocenters. The molecule has 3 unspecified atom stereocenters. The maximum atomic E-state index is 13.2. The zero-order chi connectivity index (χ0) is 22.7. The molecule has 5 nitrogen and oxygen atoms in total. The van der Waals surface area contributed by atoms with Gasteiger partial charge in [-0.1, -0.05) is 58.6 Å². The van der Waals surface area contributed by atoms with E-state index < -0.39 is 12.0 Å². The Hall–Kier alpha value is -2.27. The summed E-state index contributed by atoms with van der Waals surface area (Å²) in [6, 6.07) is 8.12. The average Bonchev–Trinajstić information content (AvgIpc) is 2.78. The highest BCUT2D eigenvalue weighted by atomic mass is 16.5. The Balaban J connectivity index is 2.09. The quantitative estimate of drug-likeness (QED) is 0.308. The van der Waals surface area contributed by atoms with Gasteiger partial charge in [-0.2, -0.15) is 0 Å². The van der Waals surface area contributed by atoms with E-state index in [9.17, 15) is 4.79 Å². The van der Waals surface area contributed by atoms with E-state index in [-0.39, 0.29) is 5.91 Å². The van der Waals surface area contributed by atoms with E-state index in [0.717, 1.165) is 30.6 Å². The van der Waals surface area contributed by atoms with Crippen molar-refractivity contribution in [2.75, 3.05) is 7.11 Å². The predicted octanol–water partition coefficient (Wildman–Crippen LogP) is 5.79. The molecule has 5 heteroatoms. The number of benzene rings is 1. The second-order valence-electron chi connectivity index (χ2n) is 8.48. The van der Waals surface area contributed by atoms with E-state index in [0.29, 0.717) is 12.3 Å². The van der Waals surface area contributed by atoms with Crippen LogP contribution in [0.2, 0.25) is 0 Å². The summed E-state index contributed by atoms with van der Waals surface area (Å²) in [5, 5.41) is 6.10. The van der Waals surface area contributed by atoms with Crippen LogP contribution in [-0.2, 0) is 9.53 Å². The highest BCUT2D eigenvalue weighted by molar-refractivity contribution is 5.82. The molecular formula is C26H40N2O3. The van der Waals surface area contributed by atoms with Crippen molar-refractivity contribution in [3.63, 3.8) is 0 Å². The van der Waals surface area contributed by atoms with Gasteiger partial charge < -0.3 is 20.1 Å². The van der Waals surface area contributed by atoms with Gasteiger partial charge >= 0.3 is 0 Å². The van der Waals surface area contributed by atoms with Crippen LogP contribution in [0.25, 0.3) is 0 Å². The summed E-state index contributed by atoms with van der Waals surface area (Å²) in [4.78, 5) is 13.2. The van der Waals surface area contributed by atoms with Gasteiger partial charge in [-0.15, -0.1) is 0 Å². The fourth-order valence-electron chi connectivity index (χ4n) is 3.66. The van der Waals surface area contributed by atoms with E-state index >= 15 is 0 Å². The molecule has 0 aliphatic carbocycles. The fourth-order valence-corrected chi connectivity index (χ4v) is 3.66. The summed E-state index contributed by atoms with van der Waals surface area (Å²) in [5.74, 6) is -0.0143. The number of carbonyl (C=O) groups is 1. The first-order chi connectivity index (χ1) is 14.9. The molecule has 172 valence electrons. The van der Waals surface area contributed by atoms with Crippen molar-refractivity contribution in [1.29, 1.82) is 0 Å². The SMILES string of the molecule is CCCCCCCC(Oc1ccc(C(C)CC)cc1)C(=O)NC1(OC)C=C(C)C=CN1. The molecule has 0 aromatic heterocycles. The summed E-state index contributed by atoms with van der Waals surface area (Å²) in [6.45, 7) is 8.57. The minimum atomic E-state index is -1.06. The van der Waals surface area contributed by atoms with Gasteiger partial charge in [0, 0.05) is 13.3 Å². The Labute approximate surface area is 188 Å². The van der Waals surface area contributed by atoms with E-state index in [1.807, 2.05) is 31.2 Å². The Kier molecular flexibility index (Phi) is 10.1. The molecule has 1 aromatic rings. The van der Waals surface area contributed by atoms with Crippen LogP contribution in [0, 0.1) is 0 Å². The first kappa shape index (κ1) is 25.0. The van der Waals surface area contributed by atoms with Crippen LogP contribution < -0.4 is 15.4 Å². The van der Waals surface area contributed by atoms with Crippen LogP contribution >= 0.6 is 0 Å². The maximum Gasteiger partial charge on any atom is 0.264 e. The summed E-state index contributed by atoms with van der Waals surface area (Å²) in [5.41, 5.74) is 2.30. The van der Waals surface area contributed by atoms with Crippen molar-refractivity contribution in [3.8, 4) is 5.75 Å². The number of carbonyl (C=O) groups excluding carboxylic acids is 1. The van der Waals surface area contributed by atoms with Crippen LogP contribution in [0.4, 0.5) is 0 Å². The van der Waals surface area contributed by atoms with Gasteiger partial charge in [-0.3, -0.25) is 4.79 Å². The number of hydrogen-bond acceptors (Lipinski definition) is 4. The van der Waals surface area contributed by atoms with Gasteiger partial charge in [-0.05, 0) is 67.5 Å². The van der Waals surface area contributed by atoms with Crippen LogP contribution in [0.1, 0.15) is 84.1 Å². The molecule has 2 N–H and O–H groups in total. The third-order valence-electron chi connectivity index (χ3n) is 5.91. The van der Waals surface area contributed by atoms with E-state index in [1.165, 1.54) is 24.8 Å². The summed E-state index contributed by atoms with van der Waals surface area (Å²) < 4.78 is 11.8. The molecular weight excluding hydrogens is 388 g/mol. The van der Waals surface area contributed by atoms with Crippen molar-refractivity contribution in [2.45, 2.75) is 90.5 Å². The number of hydrogen-bond donors (Lipinski definition) is 2. The van der Waals surface area contributed by atoms with Gasteiger partial charge in [0.15, 0.2) is 6.10 Å². The predicted molar refractivity (Wildman–Crippen MR) is 127 cm³/mol. The van der Waals surface area contributed by atoms with E-state index in [2.05, 4.69) is 43.5 Å². The second kappa shape index (κ2) is 12.6. The molecule has 0 saturated carbocycles. The normalized spacial score (nSPS) is 19.8. The monoisotopic (exact) mass is 428 g/mol. The standard InChI is InChI=1S/C26H40N2O3/c1-6-8-9-10-11-12-24(31-23-15-13-22(14-16-23)21(4)7-2)25(29)28-26(30-5)19-20(3)17-18-27-26/h13-19,21,24,27H,6-12H2,1-5H3,(H,28,29). The van der Waals surface area contributed by atoms with Gasteiger partial charge in [0.25, 0.3) is 5.91 Å². The highest BCUT2D eigenvalue weighted by Crippen LogP contribution is 2.23. The lowest BCUT2D eigenvalue weighted by molar-refractivity contribution is -0.136. The lowest BCUT2D eigenvalue weighted by Crippen LogP contribution is -2.60. The van der Waals surface area contributed by atoms with Crippen LogP contribution in [0.5, 0.6) is 5.75 Å². The largest absolute Gasteiger partial charge is 0.481 e. The zero-order valence-electron chi connectivity index (χ0n) is 19.9. The lowest BCUT2D eigenvalue weighted by atomic mass is 9.99. The van der Waals surface area contributed by atoms with E-state index in [4.69, 9.17) is 9.47 Å². The van der Waals surface area contributed by atoms with Crippen molar-refractivity contribution in [3.05, 3.63) is 53.8 Å². The molecule has 1 aliphatic rings. The maximum absolute atomic E-state index is 13.2. The Morgan fingerprint density at radius 1 is 1.13 bits per heavy atom. The molecule has 1 heterocycles. The van der Waals surface area contributed by atoms with E-state index in [1.54, 1.807) is 13.3 Å². The molecule has 1 aromatic carbocycles. The number of rotatable bonds is 13. The number of unbranched alkanes of at least 4 members (excludes halogenated alkanes) is 4. The topological polar surface area (TPSA) is 59.6 Å². The van der Waals surface area contributed by atoms with Crippen molar-refractivity contribution < 1.29 is 14.3 Å². The average molecular weight is 429 g/mol. The number of ether oxygens (including phenoxy) is 2. The number of dihydropyridines is 1. The summed E-state index contributed by atoms with van der Waals surface area (Å²) in [7, 11) is 1.57. The first-order valence-electron chi connectivity index (χ1n) is 11.7. The van der Waals surface area contributed by atoms with Crippen LogP contribution in [0.15, 0.2) is 48.2 Å². The molecule has 1 amide bonds. The first-order valence-corrected chi connectivity index (χ1v) is 11.7. The summed E-state index contributed by atoms with van der Waals surface area (Å²) in [6.07, 6.45) is 12.4. The number of allylic oxidation sites excluding steroid dienone is 2. The summed E-state index contributed by atoms with van der Waals surface area (Å²) >= 11 is 0. The molecule has 0 spiro atoms. The minimum absolute atomic E-state index is 0.185. The fraction of sp³-hybridized carbons (Fsp3) is 0.577. The zero-order valence-corrected chi connectivity index (χ0v) is 19.9. The van der Waals surface area contributed by atoms with Crippen molar-refractivity contribution in [1.82, 2.24) is 10.6 Å².